The molecule has 2 aromatic rings. The Morgan fingerprint density at radius 3 is 2.83 bits per heavy atom. The summed E-state index contributed by atoms with van der Waals surface area (Å²) >= 11 is 0. The Morgan fingerprint density at radius 2 is 2.17 bits per heavy atom. The maximum atomic E-state index is 13.0. The summed E-state index contributed by atoms with van der Waals surface area (Å²) in [6.45, 7) is 3.74. The number of halogens is 1. The largest absolute Gasteiger partial charge is 0.493 e. The van der Waals surface area contributed by atoms with Crippen LogP contribution in [-0.2, 0) is 10.4 Å². The lowest BCUT2D eigenvalue weighted by molar-refractivity contribution is -0.122. The van der Waals surface area contributed by atoms with Gasteiger partial charge in [0, 0.05) is 12.5 Å². The fourth-order valence-electron chi connectivity index (χ4n) is 2.15. The number of carbonyl (C=O) groups excluding carboxylic acids is 1. The minimum absolute atomic E-state index is 0.0591. The Morgan fingerprint density at radius 1 is 1.38 bits per heavy atom. The number of ether oxygens (including phenoxy) is 1. The molecular formula is C18H22FNO4. The number of furan rings is 1. The first-order valence-corrected chi connectivity index (χ1v) is 7.81. The van der Waals surface area contributed by atoms with Crippen LogP contribution in [0, 0.1) is 12.7 Å². The second kappa shape index (κ2) is 7.97. The molecule has 2 N–H and O–H groups in total. The standard InChI is InChI=1S/C18H22FNO4/c1-13-8-9-16(24-13)18(2,22)12-20-17(21)7-4-10-23-15-6-3-5-14(19)11-15/h3,5-6,8-9,11,22H,4,7,10,12H2,1-2H3,(H,20,21). The zero-order chi connectivity index (χ0) is 17.6. The molecule has 1 heterocycles. The second-order valence-electron chi connectivity index (χ2n) is 5.87. The van der Waals surface area contributed by atoms with Gasteiger partial charge in [0.05, 0.1) is 13.2 Å². The summed E-state index contributed by atoms with van der Waals surface area (Å²) in [5.41, 5.74) is -1.26. The molecule has 24 heavy (non-hydrogen) atoms. The van der Waals surface area contributed by atoms with E-state index in [4.69, 9.17) is 9.15 Å². The van der Waals surface area contributed by atoms with Crippen molar-refractivity contribution in [2.45, 2.75) is 32.3 Å². The van der Waals surface area contributed by atoms with Crippen molar-refractivity contribution in [3.63, 3.8) is 0 Å². The van der Waals surface area contributed by atoms with Gasteiger partial charge in [-0.3, -0.25) is 4.79 Å². The van der Waals surface area contributed by atoms with Crippen LogP contribution >= 0.6 is 0 Å². The van der Waals surface area contributed by atoms with Crippen molar-refractivity contribution in [1.82, 2.24) is 5.32 Å². The minimum atomic E-state index is -1.26. The van der Waals surface area contributed by atoms with Crippen molar-refractivity contribution in [3.05, 3.63) is 53.7 Å². The van der Waals surface area contributed by atoms with Crippen LogP contribution in [0.4, 0.5) is 4.39 Å². The first-order valence-electron chi connectivity index (χ1n) is 7.81. The number of aryl methyl sites for hydroxylation is 1. The molecule has 0 saturated carbocycles. The third-order valence-electron chi connectivity index (χ3n) is 3.51. The molecule has 5 nitrogen and oxygen atoms in total. The zero-order valence-electron chi connectivity index (χ0n) is 13.8. The van der Waals surface area contributed by atoms with Crippen LogP contribution in [-0.4, -0.2) is 24.2 Å². The van der Waals surface area contributed by atoms with E-state index in [0.29, 0.717) is 30.3 Å². The molecule has 1 aromatic carbocycles. The van der Waals surface area contributed by atoms with Gasteiger partial charge in [0.2, 0.25) is 5.91 Å². The Labute approximate surface area is 140 Å². The molecule has 0 saturated heterocycles. The molecule has 0 radical (unpaired) electrons. The fraction of sp³-hybridized carbons (Fsp3) is 0.389. The number of hydrogen-bond acceptors (Lipinski definition) is 4. The lowest BCUT2D eigenvalue weighted by Crippen LogP contribution is -2.38. The topological polar surface area (TPSA) is 71.7 Å². The lowest BCUT2D eigenvalue weighted by Gasteiger charge is -2.21. The van der Waals surface area contributed by atoms with Crippen molar-refractivity contribution >= 4 is 5.91 Å². The average Bonchev–Trinajstić information content (AvgIpc) is 2.97. The molecule has 0 aliphatic heterocycles. The Kier molecular flexibility index (Phi) is 5.98. The van der Waals surface area contributed by atoms with E-state index in [9.17, 15) is 14.3 Å². The first kappa shape index (κ1) is 18.0. The summed E-state index contributed by atoms with van der Waals surface area (Å²) in [5.74, 6) is 0.995. The van der Waals surface area contributed by atoms with E-state index < -0.39 is 5.60 Å². The lowest BCUT2D eigenvalue weighted by atomic mass is 10.0. The summed E-state index contributed by atoms with van der Waals surface area (Å²) < 4.78 is 23.7. The quantitative estimate of drug-likeness (QED) is 0.728. The molecule has 0 fully saturated rings. The van der Waals surface area contributed by atoms with Crippen LogP contribution < -0.4 is 10.1 Å². The van der Waals surface area contributed by atoms with E-state index in [1.54, 1.807) is 38.1 Å². The zero-order valence-corrected chi connectivity index (χ0v) is 13.8. The summed E-state index contributed by atoms with van der Waals surface area (Å²) in [7, 11) is 0. The molecule has 0 aliphatic rings. The van der Waals surface area contributed by atoms with Crippen LogP contribution in [0.5, 0.6) is 5.75 Å². The van der Waals surface area contributed by atoms with E-state index in [1.165, 1.54) is 12.1 Å². The van der Waals surface area contributed by atoms with E-state index in [0.717, 1.165) is 0 Å². The average molecular weight is 335 g/mol. The van der Waals surface area contributed by atoms with Gasteiger partial charge in [0.1, 0.15) is 28.7 Å². The van der Waals surface area contributed by atoms with Gasteiger partial charge in [-0.15, -0.1) is 0 Å². The molecule has 0 spiro atoms. The minimum Gasteiger partial charge on any atom is -0.493 e. The number of carbonyl (C=O) groups is 1. The predicted molar refractivity (Wildman–Crippen MR) is 87.2 cm³/mol. The van der Waals surface area contributed by atoms with Crippen LogP contribution in [0.15, 0.2) is 40.8 Å². The Bertz CT molecular complexity index is 681. The summed E-state index contributed by atoms with van der Waals surface area (Å²) in [4.78, 5) is 11.8. The number of nitrogens with one attached hydrogen (secondary N) is 1. The third kappa shape index (κ3) is 5.38. The van der Waals surface area contributed by atoms with Gasteiger partial charge in [-0.1, -0.05) is 6.07 Å². The molecule has 1 atom stereocenters. The highest BCUT2D eigenvalue weighted by Crippen LogP contribution is 2.22. The van der Waals surface area contributed by atoms with Gasteiger partial charge >= 0.3 is 0 Å². The molecule has 0 aliphatic carbocycles. The monoisotopic (exact) mass is 335 g/mol. The van der Waals surface area contributed by atoms with E-state index >= 15 is 0 Å². The van der Waals surface area contributed by atoms with Gasteiger partial charge in [-0.05, 0) is 44.5 Å². The molecular weight excluding hydrogens is 313 g/mol. The molecule has 6 heteroatoms. The van der Waals surface area contributed by atoms with Crippen LogP contribution in [0.3, 0.4) is 0 Å². The Hall–Kier alpha value is -2.34. The smallest absolute Gasteiger partial charge is 0.220 e. The van der Waals surface area contributed by atoms with Crippen molar-refractivity contribution < 1.29 is 23.4 Å². The SMILES string of the molecule is Cc1ccc(C(C)(O)CNC(=O)CCCOc2cccc(F)c2)o1. The summed E-state index contributed by atoms with van der Waals surface area (Å²) in [5, 5.41) is 13.0. The van der Waals surface area contributed by atoms with Crippen molar-refractivity contribution in [2.75, 3.05) is 13.2 Å². The number of benzene rings is 1. The van der Waals surface area contributed by atoms with E-state index in [-0.39, 0.29) is 24.7 Å². The first-order chi connectivity index (χ1) is 11.4. The Balaban J connectivity index is 1.68. The van der Waals surface area contributed by atoms with Crippen molar-refractivity contribution in [3.8, 4) is 5.75 Å². The highest BCUT2D eigenvalue weighted by molar-refractivity contribution is 5.75. The fourth-order valence-corrected chi connectivity index (χ4v) is 2.15. The molecule has 1 amide bonds. The molecule has 1 unspecified atom stereocenters. The number of rotatable bonds is 8. The third-order valence-corrected chi connectivity index (χ3v) is 3.51. The van der Waals surface area contributed by atoms with Crippen LogP contribution in [0.25, 0.3) is 0 Å². The predicted octanol–water partition coefficient (Wildman–Crippen LogP) is 2.91. The van der Waals surface area contributed by atoms with Gasteiger partial charge in [-0.25, -0.2) is 4.39 Å². The number of hydrogen-bond donors (Lipinski definition) is 2. The van der Waals surface area contributed by atoms with E-state index in [1.807, 2.05) is 0 Å². The summed E-state index contributed by atoms with van der Waals surface area (Å²) in [6, 6.07) is 9.31. The molecule has 1 aromatic heterocycles. The van der Waals surface area contributed by atoms with Gasteiger partial charge in [0.25, 0.3) is 0 Å². The van der Waals surface area contributed by atoms with Crippen LogP contribution in [0.1, 0.15) is 31.3 Å². The second-order valence-corrected chi connectivity index (χ2v) is 5.87. The molecule has 0 bridgehead atoms. The van der Waals surface area contributed by atoms with Crippen LogP contribution in [0.2, 0.25) is 0 Å². The van der Waals surface area contributed by atoms with Gasteiger partial charge < -0.3 is 19.6 Å². The summed E-state index contributed by atoms with van der Waals surface area (Å²) in [6.07, 6.45) is 0.743. The van der Waals surface area contributed by atoms with Gasteiger partial charge in [-0.2, -0.15) is 0 Å². The molecule has 130 valence electrons. The normalized spacial score (nSPS) is 13.3. The van der Waals surface area contributed by atoms with Gasteiger partial charge in [0.15, 0.2) is 0 Å². The maximum Gasteiger partial charge on any atom is 0.220 e. The number of aliphatic hydroxyl groups is 1. The maximum absolute atomic E-state index is 13.0. The highest BCUT2D eigenvalue weighted by Gasteiger charge is 2.27. The molecule has 2 rings (SSSR count). The number of amides is 1. The van der Waals surface area contributed by atoms with E-state index in [2.05, 4.69) is 5.32 Å². The highest BCUT2D eigenvalue weighted by atomic mass is 19.1. The van der Waals surface area contributed by atoms with Crippen molar-refractivity contribution in [1.29, 1.82) is 0 Å². The van der Waals surface area contributed by atoms with Crippen molar-refractivity contribution in [2.24, 2.45) is 0 Å².